The largest absolute Gasteiger partial charge is 0.354 e. The third-order valence-electron chi connectivity index (χ3n) is 3.54. The van der Waals surface area contributed by atoms with Crippen molar-refractivity contribution in [2.24, 2.45) is 11.1 Å². The van der Waals surface area contributed by atoms with Gasteiger partial charge in [-0.1, -0.05) is 20.8 Å². The van der Waals surface area contributed by atoms with Crippen molar-refractivity contribution in [3.63, 3.8) is 0 Å². The Hall–Kier alpha value is -1.10. The number of amides is 2. The van der Waals surface area contributed by atoms with Crippen molar-refractivity contribution >= 4 is 11.8 Å². The van der Waals surface area contributed by atoms with Gasteiger partial charge in [-0.25, -0.2) is 0 Å². The van der Waals surface area contributed by atoms with Gasteiger partial charge in [0.05, 0.1) is 0 Å². The van der Waals surface area contributed by atoms with Gasteiger partial charge in [0.2, 0.25) is 11.8 Å². The van der Waals surface area contributed by atoms with Crippen LogP contribution in [0.15, 0.2) is 0 Å². The summed E-state index contributed by atoms with van der Waals surface area (Å²) in [6, 6.07) is 0.139. The molecule has 116 valence electrons. The van der Waals surface area contributed by atoms with E-state index in [-0.39, 0.29) is 23.3 Å². The molecule has 0 aliphatic carbocycles. The van der Waals surface area contributed by atoms with Gasteiger partial charge in [0, 0.05) is 38.5 Å². The number of nitrogens with two attached hydrogens (primary N) is 1. The number of hydrogen-bond donors (Lipinski definition) is 2. The maximum absolute atomic E-state index is 12.4. The number of hydrogen-bond acceptors (Lipinski definition) is 3. The fourth-order valence-corrected chi connectivity index (χ4v) is 2.55. The van der Waals surface area contributed by atoms with Gasteiger partial charge in [0.1, 0.15) is 0 Å². The summed E-state index contributed by atoms with van der Waals surface area (Å²) >= 11 is 0. The monoisotopic (exact) mass is 283 g/mol. The Labute approximate surface area is 122 Å². The zero-order valence-corrected chi connectivity index (χ0v) is 13.1. The van der Waals surface area contributed by atoms with E-state index in [9.17, 15) is 9.59 Å². The Balaban J connectivity index is 2.53. The van der Waals surface area contributed by atoms with E-state index in [0.717, 1.165) is 25.8 Å². The Morgan fingerprint density at radius 1 is 1.30 bits per heavy atom. The van der Waals surface area contributed by atoms with E-state index < -0.39 is 0 Å². The fraction of sp³-hybridized carbons (Fsp3) is 0.867. The molecule has 1 unspecified atom stereocenters. The highest BCUT2D eigenvalue weighted by atomic mass is 16.2. The van der Waals surface area contributed by atoms with Crippen molar-refractivity contribution in [2.75, 3.05) is 19.6 Å². The fourth-order valence-electron chi connectivity index (χ4n) is 2.55. The molecule has 0 saturated carbocycles. The Morgan fingerprint density at radius 3 is 2.60 bits per heavy atom. The predicted octanol–water partition coefficient (Wildman–Crippen LogP) is 1.27. The van der Waals surface area contributed by atoms with E-state index in [1.54, 1.807) is 0 Å². The van der Waals surface area contributed by atoms with Gasteiger partial charge >= 0.3 is 0 Å². The van der Waals surface area contributed by atoms with Crippen molar-refractivity contribution in [2.45, 2.75) is 58.9 Å². The molecule has 0 bridgehead atoms. The summed E-state index contributed by atoms with van der Waals surface area (Å²) in [5.41, 5.74) is 5.36. The molecule has 0 spiro atoms. The minimum absolute atomic E-state index is 0.00186. The molecule has 2 amide bonds. The highest BCUT2D eigenvalue weighted by Gasteiger charge is 2.29. The SMILES string of the molecule is CC(C)(C)CC(=O)N1CCCCC1CNC(=O)CCN. The van der Waals surface area contributed by atoms with Crippen LogP contribution in [0.3, 0.4) is 0 Å². The molecular formula is C15H29N3O2. The number of nitrogens with zero attached hydrogens (tertiary/aromatic N) is 1. The number of nitrogens with one attached hydrogen (secondary N) is 1. The highest BCUT2D eigenvalue weighted by Crippen LogP contribution is 2.24. The molecule has 0 radical (unpaired) electrons. The van der Waals surface area contributed by atoms with Crippen molar-refractivity contribution in [1.29, 1.82) is 0 Å². The third kappa shape index (κ3) is 5.90. The lowest BCUT2D eigenvalue weighted by molar-refractivity contribution is -0.137. The maximum Gasteiger partial charge on any atom is 0.223 e. The number of carbonyl (C=O) groups excluding carboxylic acids is 2. The summed E-state index contributed by atoms with van der Waals surface area (Å²) < 4.78 is 0. The van der Waals surface area contributed by atoms with Crippen LogP contribution in [-0.2, 0) is 9.59 Å². The second kappa shape index (κ2) is 7.62. The molecule has 5 heteroatoms. The number of likely N-dealkylation sites (tertiary alicyclic amines) is 1. The summed E-state index contributed by atoms with van der Waals surface area (Å²) in [5.74, 6) is 0.177. The maximum atomic E-state index is 12.4. The molecule has 1 rings (SSSR count). The number of rotatable bonds is 5. The van der Waals surface area contributed by atoms with Gasteiger partial charge in [-0.15, -0.1) is 0 Å². The zero-order chi connectivity index (χ0) is 15.2. The topological polar surface area (TPSA) is 75.4 Å². The summed E-state index contributed by atoms with van der Waals surface area (Å²) in [4.78, 5) is 25.8. The van der Waals surface area contributed by atoms with Crippen LogP contribution >= 0.6 is 0 Å². The predicted molar refractivity (Wildman–Crippen MR) is 80.1 cm³/mol. The van der Waals surface area contributed by atoms with Crippen molar-refractivity contribution < 1.29 is 9.59 Å². The Morgan fingerprint density at radius 2 is 2.00 bits per heavy atom. The van der Waals surface area contributed by atoms with E-state index in [1.807, 2.05) is 4.90 Å². The lowest BCUT2D eigenvalue weighted by atomic mass is 9.90. The highest BCUT2D eigenvalue weighted by molar-refractivity contribution is 5.78. The first kappa shape index (κ1) is 17.0. The van der Waals surface area contributed by atoms with E-state index in [2.05, 4.69) is 26.1 Å². The standard InChI is InChI=1S/C15H29N3O2/c1-15(2,3)10-14(20)18-9-5-4-6-12(18)11-17-13(19)7-8-16/h12H,4-11,16H2,1-3H3,(H,17,19). The van der Waals surface area contributed by atoms with E-state index in [1.165, 1.54) is 0 Å². The first-order valence-electron chi connectivity index (χ1n) is 7.60. The minimum Gasteiger partial charge on any atom is -0.354 e. The van der Waals surface area contributed by atoms with Gasteiger partial charge in [-0.05, 0) is 24.7 Å². The third-order valence-corrected chi connectivity index (χ3v) is 3.54. The lowest BCUT2D eigenvalue weighted by Crippen LogP contribution is -2.50. The first-order valence-corrected chi connectivity index (χ1v) is 7.60. The van der Waals surface area contributed by atoms with Crippen molar-refractivity contribution in [3.05, 3.63) is 0 Å². The van der Waals surface area contributed by atoms with Crippen LogP contribution in [0.25, 0.3) is 0 Å². The van der Waals surface area contributed by atoms with Crippen LogP contribution in [-0.4, -0.2) is 42.4 Å². The van der Waals surface area contributed by atoms with Crippen molar-refractivity contribution in [3.8, 4) is 0 Å². The molecule has 1 heterocycles. The van der Waals surface area contributed by atoms with Gasteiger partial charge in [0.15, 0.2) is 0 Å². The van der Waals surface area contributed by atoms with E-state index in [4.69, 9.17) is 5.73 Å². The second-order valence-corrected chi connectivity index (χ2v) is 6.82. The lowest BCUT2D eigenvalue weighted by Gasteiger charge is -2.37. The summed E-state index contributed by atoms with van der Waals surface area (Å²) in [6.45, 7) is 7.96. The van der Waals surface area contributed by atoms with E-state index >= 15 is 0 Å². The molecule has 0 aromatic heterocycles. The average molecular weight is 283 g/mol. The quantitative estimate of drug-likeness (QED) is 0.798. The molecule has 3 N–H and O–H groups in total. The molecule has 0 aromatic carbocycles. The molecule has 1 aliphatic rings. The molecule has 20 heavy (non-hydrogen) atoms. The zero-order valence-electron chi connectivity index (χ0n) is 13.1. The normalized spacial score (nSPS) is 19.8. The molecule has 1 saturated heterocycles. The Bertz CT molecular complexity index is 337. The average Bonchev–Trinajstić information content (AvgIpc) is 2.35. The van der Waals surface area contributed by atoms with Crippen LogP contribution in [0, 0.1) is 5.41 Å². The summed E-state index contributed by atoms with van der Waals surface area (Å²) in [5, 5.41) is 2.89. The molecule has 1 fully saturated rings. The molecule has 1 aliphatic heterocycles. The first-order chi connectivity index (χ1) is 9.33. The van der Waals surface area contributed by atoms with Gasteiger partial charge in [-0.3, -0.25) is 9.59 Å². The number of piperidine rings is 1. The van der Waals surface area contributed by atoms with Crippen molar-refractivity contribution in [1.82, 2.24) is 10.2 Å². The second-order valence-electron chi connectivity index (χ2n) is 6.82. The number of carbonyl (C=O) groups is 2. The van der Waals surface area contributed by atoms with Crippen LogP contribution in [0.1, 0.15) is 52.9 Å². The van der Waals surface area contributed by atoms with Gasteiger partial charge in [-0.2, -0.15) is 0 Å². The minimum atomic E-state index is -0.0266. The smallest absolute Gasteiger partial charge is 0.223 e. The van der Waals surface area contributed by atoms with E-state index in [0.29, 0.717) is 25.9 Å². The molecule has 1 atom stereocenters. The van der Waals surface area contributed by atoms with Crippen LogP contribution in [0.2, 0.25) is 0 Å². The van der Waals surface area contributed by atoms with Crippen LogP contribution in [0.5, 0.6) is 0 Å². The summed E-state index contributed by atoms with van der Waals surface area (Å²) in [6.07, 6.45) is 4.06. The molecular weight excluding hydrogens is 254 g/mol. The molecule has 0 aromatic rings. The summed E-state index contributed by atoms with van der Waals surface area (Å²) in [7, 11) is 0. The van der Waals surface area contributed by atoms with Gasteiger partial charge in [0.25, 0.3) is 0 Å². The van der Waals surface area contributed by atoms with Crippen LogP contribution in [0.4, 0.5) is 0 Å². The molecule has 5 nitrogen and oxygen atoms in total. The van der Waals surface area contributed by atoms with Gasteiger partial charge < -0.3 is 16.0 Å². The Kier molecular flexibility index (Phi) is 6.46. The van der Waals surface area contributed by atoms with Crippen LogP contribution < -0.4 is 11.1 Å².